The normalized spacial score (nSPS) is 15.9. The number of carbonyl (C=O) groups excluding carboxylic acids is 1. The van der Waals surface area contributed by atoms with Gasteiger partial charge >= 0.3 is 0 Å². The fraction of sp³-hybridized carbons (Fsp3) is 0.381. The van der Waals surface area contributed by atoms with Gasteiger partial charge in [-0.25, -0.2) is 12.7 Å². The predicted molar refractivity (Wildman–Crippen MR) is 108 cm³/mol. The fourth-order valence-corrected chi connectivity index (χ4v) is 4.95. The molecule has 1 N–H and O–H groups in total. The van der Waals surface area contributed by atoms with Crippen LogP contribution in [0.4, 0.5) is 0 Å². The SMILES string of the molecule is COc1cccc(CNC(=O)C2CCN(S(=O)(=O)Cc3ccccc3)CC2)c1. The smallest absolute Gasteiger partial charge is 0.223 e. The summed E-state index contributed by atoms with van der Waals surface area (Å²) < 4.78 is 31.9. The molecule has 3 rings (SSSR count). The number of ether oxygens (including phenoxy) is 1. The summed E-state index contributed by atoms with van der Waals surface area (Å²) in [5, 5.41) is 2.95. The van der Waals surface area contributed by atoms with E-state index in [1.54, 1.807) is 7.11 Å². The number of carbonyl (C=O) groups is 1. The third-order valence-corrected chi connectivity index (χ3v) is 6.86. The lowest BCUT2D eigenvalue weighted by Gasteiger charge is -2.30. The predicted octanol–water partition coefficient (Wildman–Crippen LogP) is 2.55. The highest BCUT2D eigenvalue weighted by molar-refractivity contribution is 7.88. The van der Waals surface area contributed by atoms with Gasteiger partial charge < -0.3 is 10.1 Å². The van der Waals surface area contributed by atoms with Crippen LogP contribution >= 0.6 is 0 Å². The van der Waals surface area contributed by atoms with Crippen LogP contribution in [0.3, 0.4) is 0 Å². The second-order valence-electron chi connectivity index (χ2n) is 6.98. The van der Waals surface area contributed by atoms with Gasteiger partial charge in [-0.3, -0.25) is 4.79 Å². The Labute approximate surface area is 166 Å². The van der Waals surface area contributed by atoms with Crippen LogP contribution in [0.1, 0.15) is 24.0 Å². The van der Waals surface area contributed by atoms with E-state index in [1.165, 1.54) is 4.31 Å². The molecule has 1 heterocycles. The lowest BCUT2D eigenvalue weighted by molar-refractivity contribution is -0.126. The molecule has 1 saturated heterocycles. The Kier molecular flexibility index (Phi) is 6.70. The maximum Gasteiger partial charge on any atom is 0.223 e. The van der Waals surface area contributed by atoms with E-state index < -0.39 is 10.0 Å². The quantitative estimate of drug-likeness (QED) is 0.772. The van der Waals surface area contributed by atoms with Crippen LogP contribution in [0.25, 0.3) is 0 Å². The molecule has 1 amide bonds. The summed E-state index contributed by atoms with van der Waals surface area (Å²) in [4.78, 5) is 12.5. The first-order chi connectivity index (χ1) is 13.5. The maximum absolute atomic E-state index is 12.6. The number of rotatable bonds is 7. The number of nitrogens with one attached hydrogen (secondary N) is 1. The number of methoxy groups -OCH3 is 1. The molecule has 1 aliphatic heterocycles. The Morgan fingerprint density at radius 3 is 2.43 bits per heavy atom. The number of amides is 1. The topological polar surface area (TPSA) is 75.7 Å². The van der Waals surface area contributed by atoms with Gasteiger partial charge in [0.15, 0.2) is 0 Å². The monoisotopic (exact) mass is 402 g/mol. The van der Waals surface area contributed by atoms with Crippen molar-refractivity contribution >= 4 is 15.9 Å². The van der Waals surface area contributed by atoms with Crippen molar-refractivity contribution < 1.29 is 17.9 Å². The van der Waals surface area contributed by atoms with Crippen molar-refractivity contribution in [3.63, 3.8) is 0 Å². The minimum absolute atomic E-state index is 0.000539. The molecule has 0 atom stereocenters. The van der Waals surface area contributed by atoms with Crippen molar-refractivity contribution in [1.29, 1.82) is 0 Å². The van der Waals surface area contributed by atoms with Gasteiger partial charge in [0.1, 0.15) is 5.75 Å². The average molecular weight is 403 g/mol. The zero-order chi connectivity index (χ0) is 20.0. The Morgan fingerprint density at radius 1 is 1.07 bits per heavy atom. The summed E-state index contributed by atoms with van der Waals surface area (Å²) in [6, 6.07) is 16.7. The number of piperidine rings is 1. The van der Waals surface area contributed by atoms with Gasteiger partial charge in [-0.15, -0.1) is 0 Å². The highest BCUT2D eigenvalue weighted by Gasteiger charge is 2.31. The molecule has 0 radical (unpaired) electrons. The number of hydrogen-bond donors (Lipinski definition) is 1. The summed E-state index contributed by atoms with van der Waals surface area (Å²) in [6.07, 6.45) is 1.08. The van der Waals surface area contributed by atoms with Crippen molar-refractivity contribution in [3.05, 3.63) is 65.7 Å². The van der Waals surface area contributed by atoms with Crippen LogP contribution in [0, 0.1) is 5.92 Å². The molecule has 1 fully saturated rings. The molecule has 7 heteroatoms. The molecular formula is C21H26N2O4S. The van der Waals surface area contributed by atoms with Crippen LogP contribution in [0.5, 0.6) is 5.75 Å². The first kappa shape index (κ1) is 20.4. The molecule has 0 bridgehead atoms. The van der Waals surface area contributed by atoms with E-state index in [0.717, 1.165) is 16.9 Å². The zero-order valence-electron chi connectivity index (χ0n) is 16.0. The number of sulfonamides is 1. The highest BCUT2D eigenvalue weighted by Crippen LogP contribution is 2.22. The van der Waals surface area contributed by atoms with Gasteiger partial charge in [0.2, 0.25) is 15.9 Å². The largest absolute Gasteiger partial charge is 0.497 e. The Morgan fingerprint density at radius 2 is 1.75 bits per heavy atom. The van der Waals surface area contributed by atoms with E-state index in [4.69, 9.17) is 4.74 Å². The second-order valence-corrected chi connectivity index (χ2v) is 8.95. The van der Waals surface area contributed by atoms with Crippen LogP contribution in [-0.2, 0) is 27.1 Å². The first-order valence-electron chi connectivity index (χ1n) is 9.40. The third kappa shape index (κ3) is 5.33. The third-order valence-electron chi connectivity index (χ3n) is 5.01. The molecule has 2 aromatic carbocycles. The average Bonchev–Trinajstić information content (AvgIpc) is 2.72. The van der Waals surface area contributed by atoms with Gasteiger partial charge in [-0.1, -0.05) is 42.5 Å². The van der Waals surface area contributed by atoms with Crippen LogP contribution in [0.2, 0.25) is 0 Å². The van der Waals surface area contributed by atoms with Crippen molar-refractivity contribution in [2.75, 3.05) is 20.2 Å². The van der Waals surface area contributed by atoms with Gasteiger partial charge in [0.05, 0.1) is 12.9 Å². The molecule has 2 aromatic rings. The van der Waals surface area contributed by atoms with Gasteiger partial charge in [-0.05, 0) is 36.1 Å². The van der Waals surface area contributed by atoms with E-state index in [2.05, 4.69) is 5.32 Å². The molecule has 1 aliphatic rings. The van der Waals surface area contributed by atoms with E-state index in [9.17, 15) is 13.2 Å². The van der Waals surface area contributed by atoms with Gasteiger partial charge in [-0.2, -0.15) is 0 Å². The number of benzene rings is 2. The number of hydrogen-bond acceptors (Lipinski definition) is 4. The Hall–Kier alpha value is -2.38. The lowest BCUT2D eigenvalue weighted by Crippen LogP contribution is -2.43. The molecule has 0 aliphatic carbocycles. The molecule has 0 spiro atoms. The van der Waals surface area contributed by atoms with E-state index in [0.29, 0.717) is 32.5 Å². The van der Waals surface area contributed by atoms with Crippen molar-refractivity contribution in [2.45, 2.75) is 25.1 Å². The molecule has 150 valence electrons. The Balaban J connectivity index is 1.49. The molecule has 0 aromatic heterocycles. The van der Waals surface area contributed by atoms with Crippen molar-refractivity contribution in [2.24, 2.45) is 5.92 Å². The van der Waals surface area contributed by atoms with Gasteiger partial charge in [0.25, 0.3) is 0 Å². The summed E-state index contributed by atoms with van der Waals surface area (Å²) in [5.74, 6) is 0.570. The lowest BCUT2D eigenvalue weighted by atomic mass is 9.97. The molecule has 0 unspecified atom stereocenters. The zero-order valence-corrected chi connectivity index (χ0v) is 16.8. The van der Waals surface area contributed by atoms with E-state index in [1.807, 2.05) is 54.6 Å². The van der Waals surface area contributed by atoms with E-state index in [-0.39, 0.29) is 17.6 Å². The standard InChI is InChI=1S/C21H26N2O4S/c1-27-20-9-5-8-18(14-20)15-22-21(24)19-10-12-23(13-11-19)28(25,26)16-17-6-3-2-4-7-17/h2-9,14,19H,10-13,15-16H2,1H3,(H,22,24). The summed E-state index contributed by atoms with van der Waals surface area (Å²) in [5.41, 5.74) is 1.75. The van der Waals surface area contributed by atoms with Crippen molar-refractivity contribution in [1.82, 2.24) is 9.62 Å². The minimum Gasteiger partial charge on any atom is -0.497 e. The Bertz CT molecular complexity index is 892. The molecular weight excluding hydrogens is 376 g/mol. The molecule has 6 nitrogen and oxygen atoms in total. The summed E-state index contributed by atoms with van der Waals surface area (Å²) >= 11 is 0. The van der Waals surface area contributed by atoms with Crippen LogP contribution in [0.15, 0.2) is 54.6 Å². The summed E-state index contributed by atoms with van der Waals surface area (Å²) in [6.45, 7) is 1.20. The van der Waals surface area contributed by atoms with Gasteiger partial charge in [0, 0.05) is 25.6 Å². The van der Waals surface area contributed by atoms with Crippen LogP contribution < -0.4 is 10.1 Å². The fourth-order valence-electron chi connectivity index (χ4n) is 3.39. The minimum atomic E-state index is -3.36. The van der Waals surface area contributed by atoms with E-state index >= 15 is 0 Å². The summed E-state index contributed by atoms with van der Waals surface area (Å²) in [7, 11) is -1.75. The molecule has 0 saturated carbocycles. The van der Waals surface area contributed by atoms with Crippen LogP contribution in [-0.4, -0.2) is 38.8 Å². The number of nitrogens with zero attached hydrogens (tertiary/aromatic N) is 1. The molecule has 28 heavy (non-hydrogen) atoms. The highest BCUT2D eigenvalue weighted by atomic mass is 32.2. The second kappa shape index (κ2) is 9.21. The maximum atomic E-state index is 12.6. The van der Waals surface area contributed by atoms with Crippen molar-refractivity contribution in [3.8, 4) is 5.75 Å². The first-order valence-corrected chi connectivity index (χ1v) is 11.0.